The van der Waals surface area contributed by atoms with Gasteiger partial charge in [0.2, 0.25) is 0 Å². The van der Waals surface area contributed by atoms with Crippen LogP contribution in [0.5, 0.6) is 0 Å². The van der Waals surface area contributed by atoms with Gasteiger partial charge in [0.05, 0.1) is 0 Å². The minimum atomic E-state index is 0.369. The lowest BCUT2D eigenvalue weighted by Gasteiger charge is -2.07. The summed E-state index contributed by atoms with van der Waals surface area (Å²) in [5, 5.41) is 0. The SMILES string of the molecule is CC/C=C\CCCCCCCC/C=C\CCCC.CCCCCCCCCCOCOCOCCCCCCCCCC. The summed E-state index contributed by atoms with van der Waals surface area (Å²) < 4.78 is 16.3. The molecule has 0 aliphatic heterocycles. The van der Waals surface area contributed by atoms with E-state index in [-0.39, 0.29) is 0 Å². The van der Waals surface area contributed by atoms with Crippen LogP contribution in [0.25, 0.3) is 0 Å². The van der Waals surface area contributed by atoms with Crippen LogP contribution < -0.4 is 0 Å². The van der Waals surface area contributed by atoms with Crippen LogP contribution in [0.1, 0.15) is 207 Å². The van der Waals surface area contributed by atoms with Crippen molar-refractivity contribution in [1.29, 1.82) is 0 Å². The highest BCUT2D eigenvalue weighted by atomic mass is 16.7. The normalized spacial score (nSPS) is 11.5. The molecule has 0 heterocycles. The summed E-state index contributed by atoms with van der Waals surface area (Å²) in [5.74, 6) is 0. The van der Waals surface area contributed by atoms with E-state index in [1.54, 1.807) is 0 Å². The Kier molecular flexibility index (Phi) is 47.4. The van der Waals surface area contributed by atoms with Gasteiger partial charge in [-0.05, 0) is 51.4 Å². The zero-order valence-corrected chi connectivity index (χ0v) is 30.2. The van der Waals surface area contributed by atoms with E-state index in [2.05, 4.69) is 52.0 Å². The lowest BCUT2D eigenvalue weighted by molar-refractivity contribution is -0.131. The first-order chi connectivity index (χ1) is 21.3. The van der Waals surface area contributed by atoms with Crippen LogP contribution in [0, 0.1) is 0 Å². The monoisotopic (exact) mass is 609 g/mol. The molecule has 0 saturated carbocycles. The van der Waals surface area contributed by atoms with E-state index in [1.165, 1.54) is 167 Å². The molecule has 0 saturated heterocycles. The van der Waals surface area contributed by atoms with Crippen molar-refractivity contribution in [2.45, 2.75) is 207 Å². The topological polar surface area (TPSA) is 27.7 Å². The smallest absolute Gasteiger partial charge is 0.149 e. The average Bonchev–Trinajstić information content (AvgIpc) is 3.02. The number of hydrogen-bond donors (Lipinski definition) is 0. The molecule has 0 bridgehead atoms. The van der Waals surface area contributed by atoms with Crippen molar-refractivity contribution in [2.75, 3.05) is 26.8 Å². The highest BCUT2D eigenvalue weighted by molar-refractivity contribution is 4.81. The van der Waals surface area contributed by atoms with E-state index in [0.29, 0.717) is 13.6 Å². The second kappa shape index (κ2) is 45.8. The summed E-state index contributed by atoms with van der Waals surface area (Å²) in [4.78, 5) is 0. The molecule has 0 aromatic rings. The Morgan fingerprint density at radius 2 is 0.628 bits per heavy atom. The second-order valence-electron chi connectivity index (χ2n) is 12.4. The van der Waals surface area contributed by atoms with E-state index in [0.717, 1.165) is 26.1 Å². The van der Waals surface area contributed by atoms with Gasteiger partial charge in [0, 0.05) is 13.2 Å². The van der Waals surface area contributed by atoms with Gasteiger partial charge < -0.3 is 14.2 Å². The van der Waals surface area contributed by atoms with Crippen LogP contribution in [-0.2, 0) is 14.2 Å². The molecule has 0 N–H and O–H groups in total. The molecule has 3 heteroatoms. The van der Waals surface area contributed by atoms with Crippen molar-refractivity contribution in [3.05, 3.63) is 24.3 Å². The Labute approximate surface area is 272 Å². The molecule has 0 atom stereocenters. The molecule has 0 aromatic carbocycles. The van der Waals surface area contributed by atoms with Crippen LogP contribution in [0.2, 0.25) is 0 Å². The van der Waals surface area contributed by atoms with Crippen LogP contribution in [0.4, 0.5) is 0 Å². The first kappa shape index (κ1) is 44.5. The molecule has 0 unspecified atom stereocenters. The predicted molar refractivity (Wildman–Crippen MR) is 193 cm³/mol. The van der Waals surface area contributed by atoms with Crippen molar-refractivity contribution in [1.82, 2.24) is 0 Å². The zero-order chi connectivity index (χ0) is 31.6. The Morgan fingerprint density at radius 3 is 1.02 bits per heavy atom. The maximum Gasteiger partial charge on any atom is 0.149 e. The highest BCUT2D eigenvalue weighted by Gasteiger charge is 1.95. The van der Waals surface area contributed by atoms with Crippen molar-refractivity contribution in [3.63, 3.8) is 0 Å². The van der Waals surface area contributed by atoms with E-state index >= 15 is 0 Å². The number of unbranched alkanes of at least 4 members (excludes halogenated alkanes) is 23. The molecule has 43 heavy (non-hydrogen) atoms. The molecule has 258 valence electrons. The fraction of sp³-hybridized carbons (Fsp3) is 0.900. The molecule has 0 amide bonds. The summed E-state index contributed by atoms with van der Waals surface area (Å²) in [5.41, 5.74) is 0. The van der Waals surface area contributed by atoms with Crippen molar-refractivity contribution in [3.8, 4) is 0 Å². The standard InChI is InChI=1S/C22H46O3.C18H34/c1-3-5-7-9-11-13-15-17-19-23-21-25-22-24-20-18-16-14-12-10-8-6-4-2;1-3-5-7-9-11-13-15-17-18-16-14-12-10-8-6-4-2/h3-22H2,1-2H3;5,7,10,12H,3-4,6,8-9,11,13-18H2,1-2H3/b;7-5-,12-10-. The molecule has 0 aliphatic carbocycles. The molecule has 3 nitrogen and oxygen atoms in total. The second-order valence-corrected chi connectivity index (χ2v) is 12.4. The first-order valence-corrected chi connectivity index (χ1v) is 19.4. The molecular formula is C40H80O3. The Morgan fingerprint density at radius 1 is 0.302 bits per heavy atom. The number of rotatable bonds is 35. The van der Waals surface area contributed by atoms with Crippen LogP contribution in [0.3, 0.4) is 0 Å². The molecule has 0 fully saturated rings. The molecular weight excluding hydrogens is 528 g/mol. The van der Waals surface area contributed by atoms with Crippen LogP contribution in [-0.4, -0.2) is 26.8 Å². The molecule has 0 spiro atoms. The third-order valence-corrected chi connectivity index (χ3v) is 7.90. The Hall–Kier alpha value is -0.640. The van der Waals surface area contributed by atoms with Crippen LogP contribution in [0.15, 0.2) is 24.3 Å². The van der Waals surface area contributed by atoms with Gasteiger partial charge in [-0.15, -0.1) is 0 Å². The van der Waals surface area contributed by atoms with Gasteiger partial charge in [-0.25, -0.2) is 0 Å². The van der Waals surface area contributed by atoms with Gasteiger partial charge in [-0.2, -0.15) is 0 Å². The fourth-order valence-corrected chi connectivity index (χ4v) is 5.02. The minimum Gasteiger partial charge on any atom is -0.355 e. The third kappa shape index (κ3) is 48.5. The van der Waals surface area contributed by atoms with Gasteiger partial charge in [-0.1, -0.05) is 180 Å². The third-order valence-electron chi connectivity index (χ3n) is 7.90. The number of allylic oxidation sites excluding steroid dienone is 4. The minimum absolute atomic E-state index is 0.369. The average molecular weight is 609 g/mol. The molecule has 0 aromatic heterocycles. The summed E-state index contributed by atoms with van der Waals surface area (Å²) in [6, 6.07) is 0. The quantitative estimate of drug-likeness (QED) is 0.0407. The van der Waals surface area contributed by atoms with E-state index in [4.69, 9.17) is 14.2 Å². The Bertz CT molecular complexity index is 480. The van der Waals surface area contributed by atoms with Crippen molar-refractivity contribution >= 4 is 0 Å². The lowest BCUT2D eigenvalue weighted by atomic mass is 10.1. The van der Waals surface area contributed by atoms with E-state index < -0.39 is 0 Å². The van der Waals surface area contributed by atoms with Gasteiger partial charge >= 0.3 is 0 Å². The summed E-state index contributed by atoms with van der Waals surface area (Å²) in [6.07, 6.45) is 46.9. The summed E-state index contributed by atoms with van der Waals surface area (Å²) >= 11 is 0. The van der Waals surface area contributed by atoms with Crippen LogP contribution >= 0.6 is 0 Å². The fourth-order valence-electron chi connectivity index (χ4n) is 5.02. The molecule has 0 radical (unpaired) electrons. The molecule has 0 aliphatic rings. The van der Waals surface area contributed by atoms with E-state index in [1.807, 2.05) is 0 Å². The van der Waals surface area contributed by atoms with Gasteiger partial charge in [0.15, 0.2) is 0 Å². The van der Waals surface area contributed by atoms with Gasteiger partial charge in [0.25, 0.3) is 0 Å². The number of hydrogen-bond acceptors (Lipinski definition) is 3. The lowest BCUT2D eigenvalue weighted by Crippen LogP contribution is -2.06. The molecule has 0 rings (SSSR count). The predicted octanol–water partition coefficient (Wildman–Crippen LogP) is 14.1. The summed E-state index contributed by atoms with van der Waals surface area (Å²) in [6.45, 7) is 11.3. The van der Waals surface area contributed by atoms with Crippen molar-refractivity contribution < 1.29 is 14.2 Å². The number of ether oxygens (including phenoxy) is 3. The summed E-state index contributed by atoms with van der Waals surface area (Å²) in [7, 11) is 0. The maximum atomic E-state index is 5.47. The maximum absolute atomic E-state index is 5.47. The van der Waals surface area contributed by atoms with E-state index in [9.17, 15) is 0 Å². The largest absolute Gasteiger partial charge is 0.355 e. The Balaban J connectivity index is 0. The van der Waals surface area contributed by atoms with Gasteiger partial charge in [-0.3, -0.25) is 0 Å². The highest BCUT2D eigenvalue weighted by Crippen LogP contribution is 2.11. The first-order valence-electron chi connectivity index (χ1n) is 19.4. The van der Waals surface area contributed by atoms with Crippen molar-refractivity contribution in [2.24, 2.45) is 0 Å². The zero-order valence-electron chi connectivity index (χ0n) is 30.2. The van der Waals surface area contributed by atoms with Gasteiger partial charge in [0.1, 0.15) is 13.6 Å².